The molecule has 0 aromatic heterocycles. The average Bonchev–Trinajstić information content (AvgIpc) is 2.08. The molecule has 1 nitrogen and oxygen atoms in total. The SMILES string of the molecule is COc1[c]ccc([SiH3])c1.[Cl][Ti]. The van der Waals surface area contributed by atoms with Gasteiger partial charge < -0.3 is 4.74 Å². The average molecular weight is 221 g/mol. The van der Waals surface area contributed by atoms with Crippen molar-refractivity contribution in [3.8, 4) is 5.75 Å². The first-order chi connectivity index (χ1) is 5.33. The summed E-state index contributed by atoms with van der Waals surface area (Å²) in [6.07, 6.45) is 0. The van der Waals surface area contributed by atoms with Gasteiger partial charge in [0.15, 0.2) is 0 Å². The molecule has 0 saturated carbocycles. The molecule has 0 amide bonds. The molecule has 11 heavy (non-hydrogen) atoms. The van der Waals surface area contributed by atoms with Gasteiger partial charge in [0.05, 0.1) is 7.11 Å². The predicted molar refractivity (Wildman–Crippen MR) is 47.3 cm³/mol. The van der Waals surface area contributed by atoms with Crippen LogP contribution >= 0.6 is 9.30 Å². The number of halogens is 1. The Morgan fingerprint density at radius 2 is 2.27 bits per heavy atom. The van der Waals surface area contributed by atoms with Crippen molar-refractivity contribution in [3.05, 3.63) is 24.3 Å². The van der Waals surface area contributed by atoms with Crippen LogP contribution < -0.4 is 9.92 Å². The van der Waals surface area contributed by atoms with Crippen molar-refractivity contribution in [2.75, 3.05) is 7.11 Å². The van der Waals surface area contributed by atoms with Crippen LogP contribution in [0.2, 0.25) is 0 Å². The molecule has 1 radical (unpaired) electrons. The second-order valence-electron chi connectivity index (χ2n) is 1.93. The van der Waals surface area contributed by atoms with E-state index in [1.54, 1.807) is 7.11 Å². The summed E-state index contributed by atoms with van der Waals surface area (Å²) in [6, 6.07) is 8.91. The summed E-state index contributed by atoms with van der Waals surface area (Å²) < 4.78 is 4.96. The van der Waals surface area contributed by atoms with E-state index in [2.05, 4.69) is 21.4 Å². The first kappa shape index (κ1) is 11.2. The van der Waals surface area contributed by atoms with Gasteiger partial charge in [-0.1, -0.05) is 17.3 Å². The van der Waals surface area contributed by atoms with E-state index in [0.717, 1.165) is 16.0 Å². The van der Waals surface area contributed by atoms with Gasteiger partial charge in [0.25, 0.3) is 0 Å². The summed E-state index contributed by atoms with van der Waals surface area (Å²) >= 11 is 1.47. The van der Waals surface area contributed by atoms with Gasteiger partial charge in [-0.05, 0) is 6.07 Å². The Kier molecular flexibility index (Phi) is 7.07. The Bertz CT molecular complexity index is 207. The molecule has 0 aliphatic carbocycles. The monoisotopic (exact) mass is 220 g/mol. The van der Waals surface area contributed by atoms with Gasteiger partial charge >= 0.3 is 28.7 Å². The van der Waals surface area contributed by atoms with Crippen LogP contribution in [0.3, 0.4) is 0 Å². The summed E-state index contributed by atoms with van der Waals surface area (Å²) in [6.45, 7) is 0. The van der Waals surface area contributed by atoms with Gasteiger partial charge in [0, 0.05) is 16.3 Å². The minimum atomic E-state index is 0.836. The molecule has 1 aromatic rings. The zero-order valence-corrected chi connectivity index (χ0v) is 10.8. The Morgan fingerprint density at radius 3 is 2.64 bits per heavy atom. The Balaban J connectivity index is 0.000000461. The molecule has 0 unspecified atom stereocenters. The zero-order valence-electron chi connectivity index (χ0n) is 6.52. The zero-order chi connectivity index (χ0) is 8.69. The van der Waals surface area contributed by atoms with Gasteiger partial charge in [0.1, 0.15) is 5.75 Å². The fourth-order valence-electron chi connectivity index (χ4n) is 0.670. The summed E-state index contributed by atoms with van der Waals surface area (Å²) in [7, 11) is 7.38. The van der Waals surface area contributed by atoms with Crippen LogP contribution in [0.25, 0.3) is 0 Å². The molecule has 0 saturated heterocycles. The number of ether oxygens (including phenoxy) is 1. The summed E-state index contributed by atoms with van der Waals surface area (Å²) in [5.41, 5.74) is 0. The van der Waals surface area contributed by atoms with E-state index in [9.17, 15) is 0 Å². The molecule has 0 aliphatic heterocycles. The van der Waals surface area contributed by atoms with Crippen molar-refractivity contribution in [3.63, 3.8) is 0 Å². The van der Waals surface area contributed by atoms with Crippen LogP contribution in [0.4, 0.5) is 0 Å². The fraction of sp³-hybridized carbons (Fsp3) is 0.143. The Labute approximate surface area is 85.8 Å². The molecular weight excluding hydrogens is 211 g/mol. The third-order valence-electron chi connectivity index (χ3n) is 1.15. The normalized spacial score (nSPS) is 8.09. The molecule has 0 aliphatic rings. The molecule has 0 spiro atoms. The first-order valence-electron chi connectivity index (χ1n) is 3.04. The molecule has 0 N–H and O–H groups in total. The van der Waals surface area contributed by atoms with Crippen LogP contribution in [0, 0.1) is 6.07 Å². The minimum absolute atomic E-state index is 0.836. The summed E-state index contributed by atoms with van der Waals surface area (Å²) in [5, 5.41) is 1.34. The van der Waals surface area contributed by atoms with Gasteiger partial charge in [0.2, 0.25) is 0 Å². The van der Waals surface area contributed by atoms with Gasteiger partial charge in [-0.2, -0.15) is 0 Å². The molecule has 0 atom stereocenters. The third kappa shape index (κ3) is 4.64. The molecule has 58 valence electrons. The van der Waals surface area contributed by atoms with E-state index in [1.807, 2.05) is 12.1 Å². The van der Waals surface area contributed by atoms with Crippen molar-refractivity contribution < 1.29 is 24.1 Å². The second kappa shape index (κ2) is 6.92. The van der Waals surface area contributed by atoms with Crippen LogP contribution in [0.1, 0.15) is 0 Å². The van der Waals surface area contributed by atoms with Crippen LogP contribution in [-0.4, -0.2) is 17.4 Å². The van der Waals surface area contributed by atoms with Crippen LogP contribution in [0.5, 0.6) is 5.75 Å². The maximum absolute atomic E-state index is 4.96. The van der Waals surface area contributed by atoms with E-state index in [1.165, 1.54) is 24.6 Å². The number of methoxy groups -OCH3 is 1. The number of hydrogen-bond acceptors (Lipinski definition) is 1. The van der Waals surface area contributed by atoms with Crippen molar-refractivity contribution in [1.29, 1.82) is 0 Å². The standard InChI is InChI=1S/C7H9OSi.ClH.Ti/c1-8-6-3-2-4-7(9)5-6;;/h2,4-5H,1,9H3;1H;/q;;+1/p-1. The molecular formula is C7H9ClOSiTi. The van der Waals surface area contributed by atoms with Gasteiger partial charge in [-0.15, -0.1) is 0 Å². The number of hydrogen-bond donors (Lipinski definition) is 0. The van der Waals surface area contributed by atoms with E-state index in [4.69, 9.17) is 4.74 Å². The molecule has 0 fully saturated rings. The predicted octanol–water partition coefficient (Wildman–Crippen LogP) is 0.173. The fourth-order valence-corrected chi connectivity index (χ4v) is 1.10. The van der Waals surface area contributed by atoms with Crippen LogP contribution in [-0.2, 0) is 19.4 Å². The topological polar surface area (TPSA) is 9.23 Å². The van der Waals surface area contributed by atoms with Gasteiger partial charge in [-0.3, -0.25) is 0 Å². The van der Waals surface area contributed by atoms with E-state index in [-0.39, 0.29) is 0 Å². The Morgan fingerprint density at radius 1 is 1.64 bits per heavy atom. The molecule has 4 heteroatoms. The quantitative estimate of drug-likeness (QED) is 0.614. The molecule has 1 aromatic carbocycles. The van der Waals surface area contributed by atoms with Crippen molar-refractivity contribution in [2.45, 2.75) is 0 Å². The van der Waals surface area contributed by atoms with E-state index >= 15 is 0 Å². The Hall–Kier alpha value is 0.241. The first-order valence-corrected chi connectivity index (χ1v) is 6.19. The van der Waals surface area contributed by atoms with Crippen molar-refractivity contribution in [1.82, 2.24) is 0 Å². The van der Waals surface area contributed by atoms with Crippen LogP contribution in [0.15, 0.2) is 18.2 Å². The van der Waals surface area contributed by atoms with Crippen molar-refractivity contribution >= 4 is 24.7 Å². The van der Waals surface area contributed by atoms with Crippen molar-refractivity contribution in [2.24, 2.45) is 0 Å². The summed E-state index contributed by atoms with van der Waals surface area (Å²) in [5.74, 6) is 0.836. The summed E-state index contributed by atoms with van der Waals surface area (Å²) in [4.78, 5) is 0. The van der Waals surface area contributed by atoms with E-state index < -0.39 is 0 Å². The van der Waals surface area contributed by atoms with E-state index in [0.29, 0.717) is 0 Å². The number of rotatable bonds is 1. The maximum atomic E-state index is 4.96. The third-order valence-corrected chi connectivity index (χ3v) is 1.77. The molecule has 1 rings (SSSR count). The second-order valence-corrected chi connectivity index (χ2v) is 3.09. The van der Waals surface area contributed by atoms with Gasteiger partial charge in [-0.25, -0.2) is 0 Å². The number of benzene rings is 1. The molecule has 0 bridgehead atoms. The molecule has 0 heterocycles.